The summed E-state index contributed by atoms with van der Waals surface area (Å²) in [7, 11) is 0. The Morgan fingerprint density at radius 3 is 2.65 bits per heavy atom. The largest absolute Gasteiger partial charge is 0.444 e. The van der Waals surface area contributed by atoms with Gasteiger partial charge in [0.1, 0.15) is 5.60 Å². The van der Waals surface area contributed by atoms with Crippen LogP contribution in [0.2, 0.25) is 0 Å². The van der Waals surface area contributed by atoms with Crippen molar-refractivity contribution < 1.29 is 9.53 Å². The molecule has 0 saturated heterocycles. The van der Waals surface area contributed by atoms with E-state index >= 15 is 0 Å². The molecule has 0 aliphatic heterocycles. The van der Waals surface area contributed by atoms with Gasteiger partial charge in [-0.05, 0) is 70.3 Å². The van der Waals surface area contributed by atoms with E-state index < -0.39 is 5.60 Å². The second-order valence-electron chi connectivity index (χ2n) is 7.86. The number of alkyl carbamates (subject to hydrolysis) is 1. The van der Waals surface area contributed by atoms with Gasteiger partial charge in [-0.15, -0.1) is 0 Å². The summed E-state index contributed by atoms with van der Waals surface area (Å²) in [4.78, 5) is 12.0. The SMILES string of the molecule is CC(C)(C)OC(=O)NC[C@]1(C2C=CC=C(Cl)C2)CC[C@@H](N)CC1. The normalized spacial score (nSPS) is 31.4. The van der Waals surface area contributed by atoms with E-state index in [4.69, 9.17) is 22.1 Å². The lowest BCUT2D eigenvalue weighted by atomic mass is 9.63. The maximum atomic E-state index is 12.0. The standard InChI is InChI=1S/C18H29ClN2O2/c1-17(2,3)23-16(22)21-12-18(9-7-15(20)8-10-18)13-5-4-6-14(19)11-13/h4-6,13,15H,7-12,20H2,1-3H3,(H,21,22)/t13?,15-,18+. The maximum Gasteiger partial charge on any atom is 0.407 e. The average molecular weight is 341 g/mol. The second kappa shape index (κ2) is 7.27. The number of allylic oxidation sites excluding steroid dienone is 4. The molecule has 0 heterocycles. The Labute approximate surface area is 144 Å². The van der Waals surface area contributed by atoms with Crippen LogP contribution in [0.5, 0.6) is 0 Å². The Morgan fingerprint density at radius 1 is 1.43 bits per heavy atom. The number of carbonyl (C=O) groups excluding carboxylic acids is 1. The van der Waals surface area contributed by atoms with Crippen molar-refractivity contribution in [2.75, 3.05) is 6.54 Å². The van der Waals surface area contributed by atoms with E-state index in [1.165, 1.54) is 0 Å². The smallest absolute Gasteiger partial charge is 0.407 e. The summed E-state index contributed by atoms with van der Waals surface area (Å²) >= 11 is 6.24. The summed E-state index contributed by atoms with van der Waals surface area (Å²) in [6, 6.07) is 0.267. The van der Waals surface area contributed by atoms with Crippen molar-refractivity contribution in [1.29, 1.82) is 0 Å². The van der Waals surface area contributed by atoms with Crippen LogP contribution in [-0.4, -0.2) is 24.3 Å². The minimum atomic E-state index is -0.483. The molecule has 0 aromatic rings. The Balaban J connectivity index is 2.04. The van der Waals surface area contributed by atoms with E-state index in [0.29, 0.717) is 12.5 Å². The molecule has 1 saturated carbocycles. The number of rotatable bonds is 3. The summed E-state index contributed by atoms with van der Waals surface area (Å²) in [6.07, 6.45) is 10.7. The van der Waals surface area contributed by atoms with Gasteiger partial charge in [0.15, 0.2) is 0 Å². The molecule has 2 rings (SSSR count). The van der Waals surface area contributed by atoms with Crippen LogP contribution in [0.4, 0.5) is 4.79 Å². The Bertz CT molecular complexity index is 486. The minimum absolute atomic E-state index is 0.0116. The predicted molar refractivity (Wildman–Crippen MR) is 94.3 cm³/mol. The molecule has 2 aliphatic carbocycles. The molecule has 130 valence electrons. The lowest BCUT2D eigenvalue weighted by Gasteiger charge is -2.45. The highest BCUT2D eigenvalue weighted by molar-refractivity contribution is 6.29. The molecular weight excluding hydrogens is 312 g/mol. The maximum absolute atomic E-state index is 12.0. The zero-order chi connectivity index (χ0) is 17.1. The minimum Gasteiger partial charge on any atom is -0.444 e. The molecule has 4 nitrogen and oxygen atoms in total. The van der Waals surface area contributed by atoms with Crippen LogP contribution in [0.1, 0.15) is 52.9 Å². The fourth-order valence-electron chi connectivity index (χ4n) is 3.52. The molecular formula is C18H29ClN2O2. The molecule has 0 spiro atoms. The molecule has 0 aromatic heterocycles. The molecule has 1 unspecified atom stereocenters. The van der Waals surface area contributed by atoms with Crippen LogP contribution < -0.4 is 11.1 Å². The van der Waals surface area contributed by atoms with Gasteiger partial charge in [-0.2, -0.15) is 0 Å². The summed E-state index contributed by atoms with van der Waals surface area (Å²) < 4.78 is 5.37. The zero-order valence-electron chi connectivity index (χ0n) is 14.4. The van der Waals surface area contributed by atoms with Gasteiger partial charge in [-0.25, -0.2) is 4.79 Å². The second-order valence-corrected chi connectivity index (χ2v) is 8.35. The highest BCUT2D eigenvalue weighted by Crippen LogP contribution is 2.46. The lowest BCUT2D eigenvalue weighted by molar-refractivity contribution is 0.0441. The van der Waals surface area contributed by atoms with E-state index in [1.54, 1.807) is 0 Å². The molecule has 1 amide bonds. The van der Waals surface area contributed by atoms with E-state index in [0.717, 1.165) is 37.1 Å². The first-order valence-corrected chi connectivity index (χ1v) is 8.83. The van der Waals surface area contributed by atoms with Crippen LogP contribution in [0, 0.1) is 11.3 Å². The molecule has 5 heteroatoms. The van der Waals surface area contributed by atoms with Crippen molar-refractivity contribution in [2.45, 2.75) is 64.5 Å². The third-order valence-corrected chi connectivity index (χ3v) is 5.11. The van der Waals surface area contributed by atoms with Crippen LogP contribution in [0.15, 0.2) is 23.3 Å². The average Bonchev–Trinajstić information content (AvgIpc) is 2.45. The molecule has 0 aromatic carbocycles. The fourth-order valence-corrected chi connectivity index (χ4v) is 3.76. The first-order valence-electron chi connectivity index (χ1n) is 8.45. The summed E-state index contributed by atoms with van der Waals surface area (Å²) in [5.41, 5.74) is 5.61. The summed E-state index contributed by atoms with van der Waals surface area (Å²) in [6.45, 7) is 6.22. The van der Waals surface area contributed by atoms with E-state index in [1.807, 2.05) is 32.9 Å². The first kappa shape index (κ1) is 18.3. The molecule has 3 N–H and O–H groups in total. The third-order valence-electron chi connectivity index (χ3n) is 4.83. The summed E-state index contributed by atoms with van der Waals surface area (Å²) in [5.74, 6) is 0.336. The monoisotopic (exact) mass is 340 g/mol. The van der Waals surface area contributed by atoms with E-state index in [-0.39, 0.29) is 17.6 Å². The topological polar surface area (TPSA) is 64.3 Å². The van der Waals surface area contributed by atoms with Gasteiger partial charge >= 0.3 is 6.09 Å². The summed E-state index contributed by atoms with van der Waals surface area (Å²) in [5, 5.41) is 3.86. The van der Waals surface area contributed by atoms with Crippen LogP contribution >= 0.6 is 11.6 Å². The van der Waals surface area contributed by atoms with E-state index in [9.17, 15) is 4.79 Å². The Morgan fingerprint density at radius 2 is 2.09 bits per heavy atom. The fraction of sp³-hybridized carbons (Fsp3) is 0.722. The number of halogens is 1. The van der Waals surface area contributed by atoms with Gasteiger partial charge < -0.3 is 15.8 Å². The van der Waals surface area contributed by atoms with Gasteiger partial charge in [0.2, 0.25) is 0 Å². The van der Waals surface area contributed by atoms with Crippen molar-refractivity contribution in [3.8, 4) is 0 Å². The highest BCUT2D eigenvalue weighted by Gasteiger charge is 2.41. The molecule has 1 atom stereocenters. The zero-order valence-corrected chi connectivity index (χ0v) is 15.2. The molecule has 1 fully saturated rings. The van der Waals surface area contributed by atoms with Gasteiger partial charge in [-0.3, -0.25) is 0 Å². The van der Waals surface area contributed by atoms with Crippen molar-refractivity contribution in [1.82, 2.24) is 5.32 Å². The number of amides is 1. The van der Waals surface area contributed by atoms with Crippen molar-refractivity contribution >= 4 is 17.7 Å². The molecule has 0 bridgehead atoms. The van der Waals surface area contributed by atoms with Crippen molar-refractivity contribution in [3.63, 3.8) is 0 Å². The van der Waals surface area contributed by atoms with Crippen LogP contribution in [-0.2, 0) is 4.74 Å². The van der Waals surface area contributed by atoms with E-state index in [2.05, 4.69) is 11.4 Å². The number of ether oxygens (including phenoxy) is 1. The van der Waals surface area contributed by atoms with Crippen molar-refractivity contribution in [3.05, 3.63) is 23.3 Å². The number of nitrogens with two attached hydrogens (primary N) is 1. The highest BCUT2D eigenvalue weighted by atomic mass is 35.5. The predicted octanol–water partition coefficient (Wildman–Crippen LogP) is 4.10. The number of hydrogen-bond donors (Lipinski definition) is 2. The van der Waals surface area contributed by atoms with Gasteiger partial charge in [0.25, 0.3) is 0 Å². The Hall–Kier alpha value is -1.00. The molecule has 0 radical (unpaired) electrons. The third kappa shape index (κ3) is 5.25. The molecule has 2 aliphatic rings. The van der Waals surface area contributed by atoms with Crippen LogP contribution in [0.3, 0.4) is 0 Å². The molecule has 23 heavy (non-hydrogen) atoms. The first-order chi connectivity index (χ1) is 10.7. The van der Waals surface area contributed by atoms with Gasteiger partial charge in [0.05, 0.1) is 0 Å². The van der Waals surface area contributed by atoms with Crippen LogP contribution in [0.25, 0.3) is 0 Å². The lowest BCUT2D eigenvalue weighted by Crippen LogP contribution is -2.47. The number of hydrogen-bond acceptors (Lipinski definition) is 3. The number of carbonyl (C=O) groups is 1. The van der Waals surface area contributed by atoms with Crippen molar-refractivity contribution in [2.24, 2.45) is 17.1 Å². The Kier molecular flexibility index (Phi) is 5.79. The van der Waals surface area contributed by atoms with Gasteiger partial charge in [-0.1, -0.05) is 23.8 Å². The number of nitrogens with one attached hydrogen (secondary N) is 1. The van der Waals surface area contributed by atoms with Gasteiger partial charge in [0, 0.05) is 17.6 Å². The quantitative estimate of drug-likeness (QED) is 0.813.